The van der Waals surface area contributed by atoms with Crippen molar-refractivity contribution in [2.75, 3.05) is 19.7 Å². The van der Waals surface area contributed by atoms with E-state index in [-0.39, 0.29) is 6.61 Å². The van der Waals surface area contributed by atoms with E-state index in [4.69, 9.17) is 16.7 Å². The first-order valence-electron chi connectivity index (χ1n) is 5.38. The third-order valence-electron chi connectivity index (χ3n) is 2.83. The number of halogens is 1. The minimum absolute atomic E-state index is 0.285. The van der Waals surface area contributed by atoms with E-state index in [2.05, 4.69) is 11.8 Å². The summed E-state index contributed by atoms with van der Waals surface area (Å²) >= 11 is 5.66. The largest absolute Gasteiger partial charge is 0.396 e. The van der Waals surface area contributed by atoms with Gasteiger partial charge in [0.2, 0.25) is 0 Å². The number of aliphatic hydroxyl groups is 1. The molecular weight excluding hydrogens is 198 g/mol. The molecule has 0 aromatic carbocycles. The van der Waals surface area contributed by atoms with E-state index in [1.54, 1.807) is 5.54 Å². The van der Waals surface area contributed by atoms with Crippen LogP contribution in [0.25, 0.3) is 0 Å². The number of nitrogens with zero attached hydrogens (tertiary/aromatic N) is 1. The lowest BCUT2D eigenvalue weighted by molar-refractivity contribution is 0.127. The van der Waals surface area contributed by atoms with E-state index in [0.717, 1.165) is 25.6 Å². The molecule has 1 aliphatic rings. The summed E-state index contributed by atoms with van der Waals surface area (Å²) in [4.78, 5) is 2.44. The highest BCUT2D eigenvalue weighted by atomic mass is 35.5. The van der Waals surface area contributed by atoms with Gasteiger partial charge >= 0.3 is 0 Å². The van der Waals surface area contributed by atoms with Crippen molar-refractivity contribution in [1.82, 2.24) is 4.90 Å². The van der Waals surface area contributed by atoms with E-state index in [1.165, 1.54) is 24.8 Å². The van der Waals surface area contributed by atoms with Gasteiger partial charge in [-0.3, -0.25) is 4.90 Å². The summed E-state index contributed by atoms with van der Waals surface area (Å²) in [5, 5.41) is 8.81. The minimum atomic E-state index is 0.285. The maximum absolute atomic E-state index is 8.81. The van der Waals surface area contributed by atoms with Gasteiger partial charge in [0.15, 0.2) is 0 Å². The van der Waals surface area contributed by atoms with Crippen molar-refractivity contribution >= 4 is 11.6 Å². The van der Waals surface area contributed by atoms with Gasteiger partial charge in [-0.25, -0.2) is 0 Å². The Morgan fingerprint density at radius 1 is 1.57 bits per heavy atom. The Hall–Kier alpha value is -0.0500. The van der Waals surface area contributed by atoms with Crippen LogP contribution in [-0.4, -0.2) is 35.7 Å². The highest BCUT2D eigenvalue weighted by Crippen LogP contribution is 2.25. The summed E-state index contributed by atoms with van der Waals surface area (Å²) in [5.74, 6) is 0. The average molecular weight is 218 g/mol. The van der Waals surface area contributed by atoms with Crippen LogP contribution in [0.5, 0.6) is 0 Å². The molecule has 0 radical (unpaired) electrons. The number of hydrogen-bond acceptors (Lipinski definition) is 2. The normalized spacial score (nSPS) is 18.7. The predicted molar refractivity (Wildman–Crippen MR) is 60.5 cm³/mol. The van der Waals surface area contributed by atoms with Crippen LogP contribution in [0.2, 0.25) is 0 Å². The molecule has 0 atom stereocenters. The lowest BCUT2D eigenvalue weighted by Gasteiger charge is -2.37. The van der Waals surface area contributed by atoms with Gasteiger partial charge < -0.3 is 5.11 Å². The second-order valence-electron chi connectivity index (χ2n) is 4.09. The van der Waals surface area contributed by atoms with E-state index in [0.29, 0.717) is 0 Å². The Balaban J connectivity index is 2.35. The van der Waals surface area contributed by atoms with Gasteiger partial charge in [0, 0.05) is 31.3 Å². The van der Waals surface area contributed by atoms with Crippen molar-refractivity contribution in [2.45, 2.75) is 38.6 Å². The van der Waals surface area contributed by atoms with Gasteiger partial charge in [-0.2, -0.15) is 0 Å². The molecule has 1 rings (SSSR count). The SMILES string of the molecule is CC(=CCl)CN(CCCO)C1CCC1. The number of aliphatic hydroxyl groups excluding tert-OH is 1. The van der Waals surface area contributed by atoms with Crippen molar-refractivity contribution in [2.24, 2.45) is 0 Å². The average Bonchev–Trinajstić information content (AvgIpc) is 2.11. The van der Waals surface area contributed by atoms with Gasteiger partial charge in [0.25, 0.3) is 0 Å². The lowest BCUT2D eigenvalue weighted by atomic mass is 9.91. The van der Waals surface area contributed by atoms with E-state index < -0.39 is 0 Å². The smallest absolute Gasteiger partial charge is 0.0443 e. The lowest BCUT2D eigenvalue weighted by Crippen LogP contribution is -2.41. The molecule has 1 saturated carbocycles. The Morgan fingerprint density at radius 2 is 2.29 bits per heavy atom. The quantitative estimate of drug-likeness (QED) is 0.739. The number of hydrogen-bond donors (Lipinski definition) is 1. The topological polar surface area (TPSA) is 23.5 Å². The van der Waals surface area contributed by atoms with Crippen molar-refractivity contribution in [1.29, 1.82) is 0 Å². The van der Waals surface area contributed by atoms with Crippen molar-refractivity contribution in [3.8, 4) is 0 Å². The van der Waals surface area contributed by atoms with E-state index in [9.17, 15) is 0 Å². The van der Waals surface area contributed by atoms with Gasteiger partial charge in [0.1, 0.15) is 0 Å². The molecule has 1 N–H and O–H groups in total. The Bertz CT molecular complexity index is 190. The summed E-state index contributed by atoms with van der Waals surface area (Å²) in [7, 11) is 0. The number of rotatable bonds is 6. The molecule has 0 heterocycles. The maximum Gasteiger partial charge on any atom is 0.0443 e. The molecule has 2 nitrogen and oxygen atoms in total. The molecule has 14 heavy (non-hydrogen) atoms. The van der Waals surface area contributed by atoms with E-state index in [1.807, 2.05) is 0 Å². The zero-order chi connectivity index (χ0) is 10.4. The zero-order valence-electron chi connectivity index (χ0n) is 8.88. The van der Waals surface area contributed by atoms with Crippen molar-refractivity contribution in [3.05, 3.63) is 11.1 Å². The van der Waals surface area contributed by atoms with Crippen LogP contribution in [0.3, 0.4) is 0 Å². The maximum atomic E-state index is 8.81. The van der Waals surface area contributed by atoms with E-state index >= 15 is 0 Å². The molecule has 0 aromatic heterocycles. The second-order valence-corrected chi connectivity index (χ2v) is 4.31. The highest BCUT2D eigenvalue weighted by Gasteiger charge is 2.24. The Kier molecular flexibility index (Phi) is 5.53. The molecule has 0 aromatic rings. The van der Waals surface area contributed by atoms with Gasteiger partial charge in [-0.15, -0.1) is 0 Å². The molecule has 1 fully saturated rings. The predicted octanol–water partition coefficient (Wildman–Crippen LogP) is 2.37. The summed E-state index contributed by atoms with van der Waals surface area (Å²) in [6, 6.07) is 0.730. The van der Waals surface area contributed by atoms with Crippen molar-refractivity contribution in [3.63, 3.8) is 0 Å². The molecule has 0 bridgehead atoms. The summed E-state index contributed by atoms with van der Waals surface area (Å²) in [6.45, 7) is 4.28. The van der Waals surface area contributed by atoms with Crippen LogP contribution in [0, 0.1) is 0 Å². The summed E-state index contributed by atoms with van der Waals surface area (Å²) in [5.41, 5.74) is 2.86. The molecule has 0 unspecified atom stereocenters. The third kappa shape index (κ3) is 3.60. The Morgan fingerprint density at radius 3 is 2.71 bits per heavy atom. The molecule has 0 aliphatic heterocycles. The summed E-state index contributed by atoms with van der Waals surface area (Å²) < 4.78 is 0. The second kappa shape index (κ2) is 6.44. The fourth-order valence-electron chi connectivity index (χ4n) is 1.77. The third-order valence-corrected chi connectivity index (χ3v) is 3.21. The van der Waals surface area contributed by atoms with Crippen LogP contribution >= 0.6 is 11.6 Å². The van der Waals surface area contributed by atoms with Gasteiger partial charge in [-0.1, -0.05) is 18.0 Å². The van der Waals surface area contributed by atoms with Gasteiger partial charge in [0.05, 0.1) is 0 Å². The molecule has 0 amide bonds. The fourth-order valence-corrected chi connectivity index (χ4v) is 1.84. The molecule has 82 valence electrons. The first-order chi connectivity index (χ1) is 6.77. The van der Waals surface area contributed by atoms with Crippen LogP contribution in [-0.2, 0) is 0 Å². The summed E-state index contributed by atoms with van der Waals surface area (Å²) in [6.07, 6.45) is 4.83. The fraction of sp³-hybridized carbons (Fsp3) is 0.818. The Labute approximate surface area is 91.6 Å². The van der Waals surface area contributed by atoms with Gasteiger partial charge in [-0.05, 0) is 31.8 Å². The molecular formula is C11H20ClNO. The first kappa shape index (κ1) is 12.0. The highest BCUT2D eigenvalue weighted by molar-refractivity contribution is 6.25. The monoisotopic (exact) mass is 217 g/mol. The first-order valence-corrected chi connectivity index (χ1v) is 5.82. The van der Waals surface area contributed by atoms with Crippen LogP contribution in [0.15, 0.2) is 11.1 Å². The molecule has 3 heteroatoms. The standard InChI is InChI=1S/C11H20ClNO/c1-10(8-12)9-13(6-3-7-14)11-4-2-5-11/h8,11,14H,2-7,9H2,1H3. The van der Waals surface area contributed by atoms with Crippen LogP contribution < -0.4 is 0 Å². The molecule has 0 spiro atoms. The zero-order valence-corrected chi connectivity index (χ0v) is 9.63. The molecule has 1 aliphatic carbocycles. The van der Waals surface area contributed by atoms with Crippen LogP contribution in [0.1, 0.15) is 32.6 Å². The van der Waals surface area contributed by atoms with Crippen molar-refractivity contribution < 1.29 is 5.11 Å². The minimum Gasteiger partial charge on any atom is -0.396 e. The molecule has 0 saturated heterocycles. The van der Waals surface area contributed by atoms with Crippen LogP contribution in [0.4, 0.5) is 0 Å².